The average Bonchev–Trinajstić information content (AvgIpc) is 2.75. The van der Waals surface area contributed by atoms with E-state index < -0.39 is 0 Å². The van der Waals surface area contributed by atoms with Crippen LogP contribution in [0.15, 0.2) is 36.4 Å². The van der Waals surface area contributed by atoms with Crippen LogP contribution in [0.5, 0.6) is 5.75 Å². The van der Waals surface area contributed by atoms with Gasteiger partial charge >= 0.3 is 6.09 Å². The summed E-state index contributed by atoms with van der Waals surface area (Å²) in [5.74, 6) is 1.03. The molecule has 1 aromatic heterocycles. The average molecular weight is 399 g/mol. The third-order valence-corrected chi connectivity index (χ3v) is 4.62. The fraction of sp³-hybridized carbons (Fsp3) is 0.400. The number of amides is 2. The van der Waals surface area contributed by atoms with Crippen LogP contribution in [0, 0.1) is 0 Å². The molecule has 2 amide bonds. The predicted molar refractivity (Wildman–Crippen MR) is 107 cm³/mol. The van der Waals surface area contributed by atoms with Gasteiger partial charge in [0.25, 0.3) is 5.91 Å². The summed E-state index contributed by atoms with van der Waals surface area (Å²) < 4.78 is 10.1. The molecule has 9 nitrogen and oxygen atoms in total. The Morgan fingerprint density at radius 3 is 2.41 bits per heavy atom. The van der Waals surface area contributed by atoms with E-state index in [2.05, 4.69) is 20.8 Å². The summed E-state index contributed by atoms with van der Waals surface area (Å²) >= 11 is 0. The van der Waals surface area contributed by atoms with E-state index in [4.69, 9.17) is 9.47 Å². The molecule has 0 saturated carbocycles. The monoisotopic (exact) mass is 399 g/mol. The molecule has 1 aromatic carbocycles. The molecule has 154 valence electrons. The van der Waals surface area contributed by atoms with Gasteiger partial charge in [-0.05, 0) is 56.2 Å². The number of methoxy groups -OCH3 is 1. The summed E-state index contributed by atoms with van der Waals surface area (Å²) in [5.41, 5.74) is 1.09. The standard InChI is InChI=1S/C20H25N5O4/c1-3-29-20(27)25-12-10-15(11-13-25)22-19(26)17-8-9-18(24-23-17)21-14-4-6-16(28-2)7-5-14/h4-9,15H,3,10-13H2,1-2H3,(H,21,24)(H,22,26). The zero-order chi connectivity index (χ0) is 20.6. The van der Waals surface area contributed by atoms with E-state index in [-0.39, 0.29) is 23.7 Å². The Morgan fingerprint density at radius 1 is 1.10 bits per heavy atom. The first-order valence-corrected chi connectivity index (χ1v) is 9.56. The maximum Gasteiger partial charge on any atom is 0.409 e. The Balaban J connectivity index is 1.49. The molecule has 29 heavy (non-hydrogen) atoms. The highest BCUT2D eigenvalue weighted by atomic mass is 16.6. The maximum absolute atomic E-state index is 12.4. The number of rotatable bonds is 6. The van der Waals surface area contributed by atoms with Gasteiger partial charge in [-0.15, -0.1) is 10.2 Å². The minimum Gasteiger partial charge on any atom is -0.497 e. The molecule has 1 fully saturated rings. The van der Waals surface area contributed by atoms with E-state index >= 15 is 0 Å². The van der Waals surface area contributed by atoms with Gasteiger partial charge in [0, 0.05) is 24.8 Å². The van der Waals surface area contributed by atoms with Gasteiger partial charge in [0.05, 0.1) is 13.7 Å². The molecule has 9 heteroatoms. The quantitative estimate of drug-likeness (QED) is 0.769. The summed E-state index contributed by atoms with van der Waals surface area (Å²) in [7, 11) is 1.61. The van der Waals surface area contributed by atoms with E-state index in [9.17, 15) is 9.59 Å². The number of hydrogen-bond donors (Lipinski definition) is 2. The maximum atomic E-state index is 12.4. The number of hydrogen-bond acceptors (Lipinski definition) is 7. The molecule has 0 atom stereocenters. The number of carbonyl (C=O) groups is 2. The molecular formula is C20H25N5O4. The number of nitrogens with one attached hydrogen (secondary N) is 2. The van der Waals surface area contributed by atoms with Crippen LogP contribution in [0.4, 0.5) is 16.3 Å². The second-order valence-electron chi connectivity index (χ2n) is 6.59. The smallest absolute Gasteiger partial charge is 0.409 e. The van der Waals surface area contributed by atoms with Gasteiger partial charge in [0.2, 0.25) is 0 Å². The molecule has 0 bridgehead atoms. The number of benzene rings is 1. The minimum absolute atomic E-state index is 0.00734. The number of ether oxygens (including phenoxy) is 2. The van der Waals surface area contributed by atoms with Gasteiger partial charge in [-0.1, -0.05) is 0 Å². The van der Waals surface area contributed by atoms with E-state index in [0.29, 0.717) is 38.4 Å². The van der Waals surface area contributed by atoms with Gasteiger partial charge in [0.1, 0.15) is 5.75 Å². The Hall–Kier alpha value is -3.36. The van der Waals surface area contributed by atoms with Gasteiger partial charge < -0.3 is 25.0 Å². The first-order chi connectivity index (χ1) is 14.1. The molecule has 2 N–H and O–H groups in total. The molecule has 2 aromatic rings. The van der Waals surface area contributed by atoms with Crippen LogP contribution < -0.4 is 15.4 Å². The molecule has 0 radical (unpaired) electrons. The van der Waals surface area contributed by atoms with E-state index in [1.807, 2.05) is 24.3 Å². The molecule has 0 aliphatic carbocycles. The SMILES string of the molecule is CCOC(=O)N1CCC(NC(=O)c2ccc(Nc3ccc(OC)cc3)nn2)CC1. The Bertz CT molecular complexity index is 818. The van der Waals surface area contributed by atoms with Crippen molar-refractivity contribution in [2.45, 2.75) is 25.8 Å². The molecule has 1 aliphatic rings. The normalized spacial score (nSPS) is 14.2. The van der Waals surface area contributed by atoms with Crippen molar-refractivity contribution in [2.75, 3.05) is 32.1 Å². The summed E-state index contributed by atoms with van der Waals surface area (Å²) in [5, 5.41) is 14.1. The van der Waals surface area contributed by atoms with Crippen molar-refractivity contribution in [2.24, 2.45) is 0 Å². The third kappa shape index (κ3) is 5.56. The Morgan fingerprint density at radius 2 is 1.83 bits per heavy atom. The molecule has 3 rings (SSSR count). The van der Waals surface area contributed by atoms with Crippen LogP contribution in [0.2, 0.25) is 0 Å². The fourth-order valence-electron chi connectivity index (χ4n) is 3.02. The second-order valence-corrected chi connectivity index (χ2v) is 6.59. The van der Waals surface area contributed by atoms with Crippen molar-refractivity contribution < 1.29 is 19.1 Å². The Labute approximate surface area is 169 Å². The van der Waals surface area contributed by atoms with Crippen LogP contribution in [0.1, 0.15) is 30.3 Å². The predicted octanol–water partition coefficient (Wildman–Crippen LogP) is 2.58. The lowest BCUT2D eigenvalue weighted by atomic mass is 10.1. The van der Waals surface area contributed by atoms with Gasteiger partial charge in [-0.2, -0.15) is 0 Å². The highest BCUT2D eigenvalue weighted by Gasteiger charge is 2.25. The zero-order valence-electron chi connectivity index (χ0n) is 16.6. The van der Waals surface area contributed by atoms with E-state index in [1.54, 1.807) is 31.1 Å². The summed E-state index contributed by atoms with van der Waals surface area (Å²) in [6, 6.07) is 10.7. The molecule has 0 unspecified atom stereocenters. The molecular weight excluding hydrogens is 374 g/mol. The number of aromatic nitrogens is 2. The molecule has 1 saturated heterocycles. The topological polar surface area (TPSA) is 106 Å². The number of likely N-dealkylation sites (tertiary alicyclic amines) is 1. The van der Waals surface area contributed by atoms with Gasteiger partial charge in [-0.3, -0.25) is 4.79 Å². The van der Waals surface area contributed by atoms with Crippen LogP contribution >= 0.6 is 0 Å². The lowest BCUT2D eigenvalue weighted by molar-refractivity contribution is 0.0856. The summed E-state index contributed by atoms with van der Waals surface area (Å²) in [4.78, 5) is 25.8. The third-order valence-electron chi connectivity index (χ3n) is 4.62. The van der Waals surface area contributed by atoms with Crippen molar-refractivity contribution in [3.8, 4) is 5.75 Å². The van der Waals surface area contributed by atoms with Crippen LogP contribution in [0.25, 0.3) is 0 Å². The number of piperidine rings is 1. The van der Waals surface area contributed by atoms with E-state index in [0.717, 1.165) is 11.4 Å². The highest BCUT2D eigenvalue weighted by molar-refractivity contribution is 5.92. The molecule has 1 aliphatic heterocycles. The number of carbonyl (C=O) groups excluding carboxylic acids is 2. The largest absolute Gasteiger partial charge is 0.497 e. The second kappa shape index (κ2) is 9.72. The van der Waals surface area contributed by atoms with Gasteiger partial charge in [-0.25, -0.2) is 4.79 Å². The molecule has 0 spiro atoms. The van der Waals surface area contributed by atoms with Crippen molar-refractivity contribution in [3.63, 3.8) is 0 Å². The van der Waals surface area contributed by atoms with Crippen molar-refractivity contribution >= 4 is 23.5 Å². The van der Waals surface area contributed by atoms with Crippen molar-refractivity contribution in [3.05, 3.63) is 42.1 Å². The summed E-state index contributed by atoms with van der Waals surface area (Å²) in [6.45, 7) is 3.25. The first-order valence-electron chi connectivity index (χ1n) is 9.56. The lowest BCUT2D eigenvalue weighted by Gasteiger charge is -2.31. The van der Waals surface area contributed by atoms with E-state index in [1.165, 1.54) is 0 Å². The van der Waals surface area contributed by atoms with Crippen LogP contribution in [-0.2, 0) is 4.74 Å². The number of nitrogens with zero attached hydrogens (tertiary/aromatic N) is 3. The minimum atomic E-state index is -0.303. The molecule has 2 heterocycles. The van der Waals surface area contributed by atoms with Crippen LogP contribution in [0.3, 0.4) is 0 Å². The van der Waals surface area contributed by atoms with Crippen molar-refractivity contribution in [1.29, 1.82) is 0 Å². The first kappa shape index (κ1) is 20.4. The summed E-state index contributed by atoms with van der Waals surface area (Å²) in [6.07, 6.45) is 1.05. The van der Waals surface area contributed by atoms with Crippen LogP contribution in [-0.4, -0.2) is 59.9 Å². The zero-order valence-corrected chi connectivity index (χ0v) is 16.6. The fourth-order valence-corrected chi connectivity index (χ4v) is 3.02. The highest BCUT2D eigenvalue weighted by Crippen LogP contribution is 2.18. The van der Waals surface area contributed by atoms with Crippen molar-refractivity contribution in [1.82, 2.24) is 20.4 Å². The Kier molecular flexibility index (Phi) is 6.83. The lowest BCUT2D eigenvalue weighted by Crippen LogP contribution is -2.46. The van der Waals surface area contributed by atoms with Gasteiger partial charge in [0.15, 0.2) is 11.5 Å². The number of anilines is 2.